The van der Waals surface area contributed by atoms with Gasteiger partial charge in [0.15, 0.2) is 5.82 Å². The van der Waals surface area contributed by atoms with Crippen molar-refractivity contribution in [2.75, 3.05) is 12.8 Å². The molecule has 0 spiro atoms. The zero-order valence-corrected chi connectivity index (χ0v) is 12.6. The van der Waals surface area contributed by atoms with E-state index in [2.05, 4.69) is 12.1 Å². The number of aromatic nitrogens is 1. The number of anilines is 1. The molecule has 0 aliphatic heterocycles. The molecule has 0 saturated heterocycles. The topological polar surface area (TPSA) is 61.3 Å². The van der Waals surface area contributed by atoms with Gasteiger partial charge in [-0.15, -0.1) is 0 Å². The highest BCUT2D eigenvalue weighted by Crippen LogP contribution is 2.42. The molecule has 3 rings (SSSR count). The lowest BCUT2D eigenvalue weighted by atomic mass is 9.80. The van der Waals surface area contributed by atoms with E-state index >= 15 is 0 Å². The Hall–Kier alpha value is -1.97. The number of nitrogen functional groups attached to an aromatic ring is 1. The molecule has 4 heteroatoms. The predicted molar refractivity (Wildman–Crippen MR) is 83.3 cm³/mol. The van der Waals surface area contributed by atoms with Crippen molar-refractivity contribution in [1.29, 1.82) is 0 Å². The summed E-state index contributed by atoms with van der Waals surface area (Å²) in [6.07, 6.45) is 4.79. The molecule has 0 bridgehead atoms. The van der Waals surface area contributed by atoms with Crippen LogP contribution in [0.25, 0.3) is 11.1 Å². The lowest BCUT2D eigenvalue weighted by Gasteiger charge is -2.24. The van der Waals surface area contributed by atoms with Crippen LogP contribution in [0.15, 0.2) is 28.8 Å². The van der Waals surface area contributed by atoms with Crippen LogP contribution >= 0.6 is 0 Å². The van der Waals surface area contributed by atoms with Gasteiger partial charge < -0.3 is 15.0 Å². The first-order chi connectivity index (χ1) is 10.2. The smallest absolute Gasteiger partial charge is 0.175 e. The molecule has 4 nitrogen and oxygen atoms in total. The van der Waals surface area contributed by atoms with Crippen molar-refractivity contribution in [1.82, 2.24) is 5.16 Å². The highest BCUT2D eigenvalue weighted by atomic mass is 16.5. The molecule has 0 atom stereocenters. The summed E-state index contributed by atoms with van der Waals surface area (Å²) < 4.78 is 10.8. The largest absolute Gasteiger partial charge is 0.497 e. The molecular formula is C17H22N2O2. The van der Waals surface area contributed by atoms with Gasteiger partial charge in [0, 0.05) is 5.92 Å². The summed E-state index contributed by atoms with van der Waals surface area (Å²) in [5, 5.41) is 4.00. The van der Waals surface area contributed by atoms with Crippen molar-refractivity contribution < 1.29 is 9.26 Å². The van der Waals surface area contributed by atoms with Gasteiger partial charge in [0.25, 0.3) is 0 Å². The van der Waals surface area contributed by atoms with E-state index in [1.165, 1.54) is 12.8 Å². The molecule has 1 aliphatic rings. The van der Waals surface area contributed by atoms with Crippen LogP contribution in [0.5, 0.6) is 5.75 Å². The first-order valence-corrected chi connectivity index (χ1v) is 7.58. The zero-order chi connectivity index (χ0) is 14.8. The zero-order valence-electron chi connectivity index (χ0n) is 12.6. The summed E-state index contributed by atoms with van der Waals surface area (Å²) in [6, 6.07) is 7.90. The molecule has 1 fully saturated rings. The molecule has 2 aromatic rings. The van der Waals surface area contributed by atoms with Crippen LogP contribution in [0.3, 0.4) is 0 Å². The number of benzene rings is 1. The van der Waals surface area contributed by atoms with Crippen LogP contribution in [0.2, 0.25) is 0 Å². The van der Waals surface area contributed by atoms with Crippen LogP contribution in [0.1, 0.15) is 44.3 Å². The lowest BCUT2D eigenvalue weighted by Crippen LogP contribution is -2.11. The third kappa shape index (κ3) is 2.75. The van der Waals surface area contributed by atoms with Crippen molar-refractivity contribution in [3.8, 4) is 16.9 Å². The van der Waals surface area contributed by atoms with Crippen LogP contribution in [0, 0.1) is 5.92 Å². The number of methoxy groups -OCH3 is 1. The lowest BCUT2D eigenvalue weighted by molar-refractivity contribution is 0.289. The Morgan fingerprint density at radius 3 is 2.43 bits per heavy atom. The van der Waals surface area contributed by atoms with Crippen molar-refractivity contribution in [2.45, 2.75) is 38.5 Å². The average Bonchev–Trinajstić information content (AvgIpc) is 2.90. The van der Waals surface area contributed by atoms with Gasteiger partial charge in [0.2, 0.25) is 0 Å². The minimum atomic E-state index is 0.433. The van der Waals surface area contributed by atoms with E-state index < -0.39 is 0 Å². The molecular weight excluding hydrogens is 264 g/mol. The van der Waals surface area contributed by atoms with Gasteiger partial charge in [0.1, 0.15) is 11.5 Å². The van der Waals surface area contributed by atoms with Gasteiger partial charge in [-0.05, 0) is 36.5 Å². The second kappa shape index (κ2) is 5.80. The Kier molecular flexibility index (Phi) is 3.86. The van der Waals surface area contributed by atoms with Gasteiger partial charge in [-0.2, -0.15) is 0 Å². The number of ether oxygens (including phenoxy) is 1. The third-order valence-electron chi connectivity index (χ3n) is 4.51. The number of nitrogens with zero attached hydrogens (tertiary/aromatic N) is 1. The molecule has 2 N–H and O–H groups in total. The van der Waals surface area contributed by atoms with Crippen molar-refractivity contribution in [2.24, 2.45) is 5.92 Å². The SMILES string of the molecule is COc1ccc(-c2c(N)noc2C2CCC(C)CC2)cc1. The monoisotopic (exact) mass is 286 g/mol. The fraction of sp³-hybridized carbons (Fsp3) is 0.471. The van der Waals surface area contributed by atoms with E-state index in [1.807, 2.05) is 24.3 Å². The summed E-state index contributed by atoms with van der Waals surface area (Å²) in [5.74, 6) is 3.51. The van der Waals surface area contributed by atoms with E-state index in [1.54, 1.807) is 7.11 Å². The number of rotatable bonds is 3. The molecule has 1 aromatic heterocycles. The maximum atomic E-state index is 6.04. The van der Waals surface area contributed by atoms with Gasteiger partial charge in [-0.25, -0.2) is 0 Å². The molecule has 0 amide bonds. The van der Waals surface area contributed by atoms with Crippen LogP contribution in [-0.4, -0.2) is 12.3 Å². The van der Waals surface area contributed by atoms with Gasteiger partial charge >= 0.3 is 0 Å². The van der Waals surface area contributed by atoms with E-state index in [9.17, 15) is 0 Å². The Labute approximate surface area is 125 Å². The minimum Gasteiger partial charge on any atom is -0.497 e. The number of hydrogen-bond donors (Lipinski definition) is 1. The second-order valence-corrected chi connectivity index (χ2v) is 5.99. The maximum absolute atomic E-state index is 6.04. The van der Waals surface area contributed by atoms with Gasteiger partial charge in [0.05, 0.1) is 12.7 Å². The first kappa shape index (κ1) is 14.0. The van der Waals surface area contributed by atoms with Crippen LogP contribution in [0.4, 0.5) is 5.82 Å². The predicted octanol–water partition coefficient (Wildman–Crippen LogP) is 4.23. The van der Waals surface area contributed by atoms with Gasteiger partial charge in [-0.1, -0.05) is 37.1 Å². The van der Waals surface area contributed by atoms with Crippen molar-refractivity contribution >= 4 is 5.82 Å². The van der Waals surface area contributed by atoms with Crippen molar-refractivity contribution in [3.05, 3.63) is 30.0 Å². The Morgan fingerprint density at radius 1 is 1.14 bits per heavy atom. The Balaban J connectivity index is 1.92. The minimum absolute atomic E-state index is 0.433. The third-order valence-corrected chi connectivity index (χ3v) is 4.51. The van der Waals surface area contributed by atoms with Crippen LogP contribution in [-0.2, 0) is 0 Å². The fourth-order valence-corrected chi connectivity index (χ4v) is 3.16. The highest BCUT2D eigenvalue weighted by Gasteiger charge is 2.27. The standard InChI is InChI=1S/C17H22N2O2/c1-11-3-5-13(6-4-11)16-15(17(18)19-21-16)12-7-9-14(20-2)10-8-12/h7-11,13H,3-6H2,1-2H3,(H2,18,19). The first-order valence-electron chi connectivity index (χ1n) is 7.58. The molecule has 112 valence electrons. The van der Waals surface area contributed by atoms with Gasteiger partial charge in [-0.3, -0.25) is 0 Å². The second-order valence-electron chi connectivity index (χ2n) is 5.99. The normalized spacial score (nSPS) is 22.2. The molecule has 21 heavy (non-hydrogen) atoms. The molecule has 0 radical (unpaired) electrons. The summed E-state index contributed by atoms with van der Waals surface area (Å²) in [5.41, 5.74) is 8.04. The van der Waals surface area contributed by atoms with Crippen LogP contribution < -0.4 is 10.5 Å². The van der Waals surface area contributed by atoms with E-state index in [-0.39, 0.29) is 0 Å². The molecule has 1 saturated carbocycles. The fourth-order valence-electron chi connectivity index (χ4n) is 3.16. The molecule has 1 aliphatic carbocycles. The Bertz CT molecular complexity index is 596. The summed E-state index contributed by atoms with van der Waals surface area (Å²) in [6.45, 7) is 2.31. The molecule has 1 aromatic carbocycles. The van der Waals surface area contributed by atoms with E-state index in [4.69, 9.17) is 15.0 Å². The molecule has 1 heterocycles. The highest BCUT2D eigenvalue weighted by molar-refractivity contribution is 5.76. The Morgan fingerprint density at radius 2 is 1.81 bits per heavy atom. The summed E-state index contributed by atoms with van der Waals surface area (Å²) in [7, 11) is 1.66. The molecule has 0 unspecified atom stereocenters. The number of hydrogen-bond acceptors (Lipinski definition) is 4. The summed E-state index contributed by atoms with van der Waals surface area (Å²) >= 11 is 0. The maximum Gasteiger partial charge on any atom is 0.175 e. The van der Waals surface area contributed by atoms with E-state index in [0.717, 1.165) is 41.4 Å². The average molecular weight is 286 g/mol. The van der Waals surface area contributed by atoms with Crippen molar-refractivity contribution in [3.63, 3.8) is 0 Å². The quantitative estimate of drug-likeness (QED) is 0.917. The summed E-state index contributed by atoms with van der Waals surface area (Å²) in [4.78, 5) is 0. The van der Waals surface area contributed by atoms with E-state index in [0.29, 0.717) is 11.7 Å². The number of nitrogens with two attached hydrogens (primary N) is 1.